The Morgan fingerprint density at radius 1 is 1.48 bits per heavy atom. The van der Waals surface area contributed by atoms with Gasteiger partial charge in [0.15, 0.2) is 23.3 Å². The smallest absolute Gasteiger partial charge is 0.416 e. The first-order valence-corrected chi connectivity index (χ1v) is 8.75. The van der Waals surface area contributed by atoms with Crippen molar-refractivity contribution in [2.75, 3.05) is 24.7 Å². The van der Waals surface area contributed by atoms with Crippen molar-refractivity contribution >= 4 is 29.2 Å². The topological polar surface area (TPSA) is 109 Å². The van der Waals surface area contributed by atoms with Gasteiger partial charge in [-0.2, -0.15) is 0 Å². The predicted molar refractivity (Wildman–Crippen MR) is 89.3 cm³/mol. The quantitative estimate of drug-likeness (QED) is 0.814. The van der Waals surface area contributed by atoms with Crippen LogP contribution in [0, 0.1) is 0 Å². The number of alkyl halides is 2. The van der Waals surface area contributed by atoms with Gasteiger partial charge in [0, 0.05) is 12.3 Å². The van der Waals surface area contributed by atoms with E-state index in [9.17, 15) is 18.4 Å². The number of anilines is 1. The van der Waals surface area contributed by atoms with Crippen molar-refractivity contribution in [1.82, 2.24) is 9.55 Å². The largest absolute Gasteiger partial charge is 0.490 e. The van der Waals surface area contributed by atoms with Crippen LogP contribution in [0.25, 0.3) is 10.7 Å². The highest BCUT2D eigenvalue weighted by atomic mass is 32.1. The van der Waals surface area contributed by atoms with Gasteiger partial charge in [-0.1, -0.05) is 11.3 Å². The Bertz CT molecular complexity index is 899. The molecule has 0 aliphatic carbocycles. The van der Waals surface area contributed by atoms with Crippen LogP contribution in [0.5, 0.6) is 10.8 Å². The zero-order valence-corrected chi connectivity index (χ0v) is 14.6. The van der Waals surface area contributed by atoms with E-state index in [1.165, 1.54) is 17.5 Å². The lowest BCUT2D eigenvalue weighted by Crippen LogP contribution is -2.38. The van der Waals surface area contributed by atoms with Gasteiger partial charge in [-0.05, 0) is 0 Å². The zero-order chi connectivity index (χ0) is 19.1. The maximum Gasteiger partial charge on any atom is 0.416 e. The number of aromatic nitrogens is 2. The highest BCUT2D eigenvalue weighted by Gasteiger charge is 2.42. The maximum atomic E-state index is 13.2. The molecule has 144 valence electrons. The lowest BCUT2D eigenvalue weighted by Gasteiger charge is -2.17. The van der Waals surface area contributed by atoms with Gasteiger partial charge in [-0.15, -0.1) is 0 Å². The number of primary amides is 1. The number of thiophene rings is 1. The average molecular weight is 400 g/mol. The Morgan fingerprint density at radius 2 is 2.30 bits per heavy atom. The third-order valence-electron chi connectivity index (χ3n) is 4.03. The van der Waals surface area contributed by atoms with Gasteiger partial charge in [-0.25, -0.2) is 23.5 Å². The minimum atomic E-state index is -2.76. The van der Waals surface area contributed by atoms with Gasteiger partial charge in [0.1, 0.15) is 29.9 Å². The molecule has 1 fully saturated rings. The SMILES string of the molecule is NC(=O)COc1cc2c(s1)-c1nc(N3C(=O)OCC3C(F)F)cn1CCO2. The normalized spacial score (nSPS) is 18.6. The fourth-order valence-corrected chi connectivity index (χ4v) is 3.80. The van der Waals surface area contributed by atoms with E-state index < -0.39 is 31.1 Å². The number of imidazole rings is 1. The highest BCUT2D eigenvalue weighted by molar-refractivity contribution is 7.17. The second-order valence-corrected chi connectivity index (χ2v) is 6.84. The van der Waals surface area contributed by atoms with E-state index in [0.717, 1.165) is 4.90 Å². The molecule has 1 saturated heterocycles. The number of halogens is 2. The number of cyclic esters (lactones) is 1. The molecular formula is C15H14F2N4O5S. The number of amides is 2. The molecule has 1 atom stereocenters. The van der Waals surface area contributed by atoms with Crippen LogP contribution in [0.1, 0.15) is 0 Å². The standard InChI is InChI=1S/C15H14F2N4O5S/c16-13(17)7-5-26-15(23)21(7)10-4-20-1-2-24-8-3-11(25-6-9(18)22)27-12(8)14(20)19-10/h3-4,7,13H,1-2,5-6H2,(H2,18,22). The fourth-order valence-electron chi connectivity index (χ4n) is 2.84. The van der Waals surface area contributed by atoms with Crippen LogP contribution in [-0.2, 0) is 16.1 Å². The van der Waals surface area contributed by atoms with Crippen molar-refractivity contribution in [1.29, 1.82) is 0 Å². The van der Waals surface area contributed by atoms with E-state index in [0.29, 0.717) is 34.7 Å². The van der Waals surface area contributed by atoms with E-state index in [2.05, 4.69) is 4.98 Å². The van der Waals surface area contributed by atoms with E-state index >= 15 is 0 Å². The number of hydrogen-bond acceptors (Lipinski definition) is 7. The first kappa shape index (κ1) is 17.5. The summed E-state index contributed by atoms with van der Waals surface area (Å²) in [5.74, 6) is 0.404. The predicted octanol–water partition coefficient (Wildman–Crippen LogP) is 1.46. The van der Waals surface area contributed by atoms with Crippen molar-refractivity contribution in [3.8, 4) is 21.5 Å². The van der Waals surface area contributed by atoms with Crippen LogP contribution in [0.3, 0.4) is 0 Å². The molecule has 0 bridgehead atoms. The molecular weight excluding hydrogens is 386 g/mol. The molecule has 4 heterocycles. The van der Waals surface area contributed by atoms with E-state index in [-0.39, 0.29) is 12.4 Å². The second-order valence-electron chi connectivity index (χ2n) is 5.83. The van der Waals surface area contributed by atoms with Crippen LogP contribution < -0.4 is 20.1 Å². The third kappa shape index (κ3) is 3.16. The number of carbonyl (C=O) groups excluding carboxylic acids is 2. The molecule has 2 aromatic rings. The van der Waals surface area contributed by atoms with Crippen LogP contribution >= 0.6 is 11.3 Å². The fraction of sp³-hybridized carbons (Fsp3) is 0.400. The number of hydrogen-bond donors (Lipinski definition) is 1. The Morgan fingerprint density at radius 3 is 3.04 bits per heavy atom. The van der Waals surface area contributed by atoms with Crippen molar-refractivity contribution in [2.24, 2.45) is 5.73 Å². The molecule has 0 aromatic carbocycles. The molecule has 12 heteroatoms. The molecule has 0 radical (unpaired) electrons. The first-order valence-electron chi connectivity index (χ1n) is 7.93. The molecule has 2 aliphatic heterocycles. The highest BCUT2D eigenvalue weighted by Crippen LogP contribution is 2.44. The third-order valence-corrected chi connectivity index (χ3v) is 5.06. The molecule has 2 aliphatic rings. The summed E-state index contributed by atoms with van der Waals surface area (Å²) in [4.78, 5) is 28.6. The van der Waals surface area contributed by atoms with E-state index in [1.54, 1.807) is 10.6 Å². The Kier molecular flexibility index (Phi) is 4.34. The Labute approximate surface area is 155 Å². The summed E-state index contributed by atoms with van der Waals surface area (Å²) in [6.07, 6.45) is -2.10. The van der Waals surface area contributed by atoms with Crippen LogP contribution in [-0.4, -0.2) is 53.8 Å². The van der Waals surface area contributed by atoms with Gasteiger partial charge in [-0.3, -0.25) is 4.79 Å². The number of carbonyl (C=O) groups is 2. The van der Waals surface area contributed by atoms with Crippen molar-refractivity contribution in [3.05, 3.63) is 12.3 Å². The van der Waals surface area contributed by atoms with Crippen molar-refractivity contribution in [2.45, 2.75) is 19.0 Å². The number of ether oxygens (including phenoxy) is 3. The lowest BCUT2D eigenvalue weighted by atomic mass is 10.3. The number of nitrogens with zero attached hydrogens (tertiary/aromatic N) is 3. The number of rotatable bonds is 5. The minimum Gasteiger partial charge on any atom is -0.490 e. The monoisotopic (exact) mass is 400 g/mol. The summed E-state index contributed by atoms with van der Waals surface area (Å²) in [7, 11) is 0. The molecule has 4 rings (SSSR count). The summed E-state index contributed by atoms with van der Waals surface area (Å²) in [6.45, 7) is 0.0554. The van der Waals surface area contributed by atoms with Gasteiger partial charge < -0.3 is 24.5 Å². The van der Waals surface area contributed by atoms with Crippen molar-refractivity contribution in [3.63, 3.8) is 0 Å². The van der Waals surface area contributed by atoms with Crippen LogP contribution in [0.4, 0.5) is 19.4 Å². The zero-order valence-electron chi connectivity index (χ0n) is 13.8. The summed E-state index contributed by atoms with van der Waals surface area (Å²) in [5.41, 5.74) is 5.07. The Hall–Kier alpha value is -2.89. The molecule has 0 saturated carbocycles. The molecule has 27 heavy (non-hydrogen) atoms. The van der Waals surface area contributed by atoms with Gasteiger partial charge in [0.25, 0.3) is 12.3 Å². The molecule has 2 N–H and O–H groups in total. The molecule has 2 aromatic heterocycles. The van der Waals surface area contributed by atoms with Crippen LogP contribution in [0.2, 0.25) is 0 Å². The van der Waals surface area contributed by atoms with Gasteiger partial charge in [0.05, 0.1) is 6.54 Å². The maximum absolute atomic E-state index is 13.2. The Balaban J connectivity index is 1.69. The molecule has 0 spiro atoms. The van der Waals surface area contributed by atoms with Crippen molar-refractivity contribution < 1.29 is 32.6 Å². The van der Waals surface area contributed by atoms with Gasteiger partial charge >= 0.3 is 6.09 Å². The summed E-state index contributed by atoms with van der Waals surface area (Å²) in [6, 6.07) is 0.226. The summed E-state index contributed by atoms with van der Waals surface area (Å²) >= 11 is 1.18. The number of nitrogens with two attached hydrogens (primary N) is 1. The molecule has 9 nitrogen and oxygen atoms in total. The average Bonchev–Trinajstić information content (AvgIpc) is 3.28. The minimum absolute atomic E-state index is 0.0821. The molecule has 2 amide bonds. The molecule has 1 unspecified atom stereocenters. The first-order chi connectivity index (χ1) is 12.9. The second kappa shape index (κ2) is 6.68. The lowest BCUT2D eigenvalue weighted by molar-refractivity contribution is -0.119. The van der Waals surface area contributed by atoms with Crippen LogP contribution in [0.15, 0.2) is 12.3 Å². The van der Waals surface area contributed by atoms with Gasteiger partial charge in [0.2, 0.25) is 0 Å². The van der Waals surface area contributed by atoms with E-state index in [4.69, 9.17) is 19.9 Å². The number of fused-ring (bicyclic) bond motifs is 3. The summed E-state index contributed by atoms with van der Waals surface area (Å²) in [5, 5.41) is 0.405. The summed E-state index contributed by atoms with van der Waals surface area (Å²) < 4.78 is 43.8. The van der Waals surface area contributed by atoms with E-state index in [1.807, 2.05) is 0 Å².